The third-order valence-corrected chi connectivity index (χ3v) is 5.13. The number of rotatable bonds is 5. The Hall–Kier alpha value is -2.74. The van der Waals surface area contributed by atoms with Crippen LogP contribution in [0.25, 0.3) is 0 Å². The van der Waals surface area contributed by atoms with Gasteiger partial charge in [0, 0.05) is 26.2 Å². The summed E-state index contributed by atoms with van der Waals surface area (Å²) in [6.07, 6.45) is -4.49. The zero-order valence-electron chi connectivity index (χ0n) is 17.3. The zero-order chi connectivity index (χ0) is 21.9. The molecule has 0 spiro atoms. The van der Waals surface area contributed by atoms with Crippen molar-refractivity contribution in [3.05, 3.63) is 53.1 Å². The first-order valence-corrected chi connectivity index (χ1v) is 9.78. The van der Waals surface area contributed by atoms with Gasteiger partial charge in [0.05, 0.1) is 16.9 Å². The van der Waals surface area contributed by atoms with E-state index in [1.54, 1.807) is 6.07 Å². The molecule has 1 fully saturated rings. The van der Waals surface area contributed by atoms with Gasteiger partial charge in [-0.25, -0.2) is 0 Å². The van der Waals surface area contributed by atoms with Crippen LogP contribution >= 0.6 is 0 Å². The molecule has 2 aromatic rings. The van der Waals surface area contributed by atoms with Crippen LogP contribution in [0.15, 0.2) is 36.4 Å². The lowest BCUT2D eigenvalue weighted by atomic mass is 10.1. The molecule has 0 aliphatic carbocycles. The number of carbonyl (C=O) groups excluding carboxylic acids is 1. The molecule has 5 nitrogen and oxygen atoms in total. The number of halogens is 3. The van der Waals surface area contributed by atoms with Gasteiger partial charge in [-0.05, 0) is 50.7 Å². The van der Waals surface area contributed by atoms with Gasteiger partial charge in [0.25, 0.3) is 5.91 Å². The summed E-state index contributed by atoms with van der Waals surface area (Å²) in [6.45, 7) is 6.47. The summed E-state index contributed by atoms with van der Waals surface area (Å²) in [5, 5.41) is 2.61. The molecule has 1 aliphatic rings. The Morgan fingerprint density at radius 1 is 1.07 bits per heavy atom. The predicted octanol–water partition coefficient (Wildman–Crippen LogP) is 4.09. The normalized spacial score (nSPS) is 15.2. The largest absolute Gasteiger partial charge is 0.483 e. The van der Waals surface area contributed by atoms with Crippen molar-refractivity contribution in [2.75, 3.05) is 50.1 Å². The molecule has 0 saturated carbocycles. The Kier molecular flexibility index (Phi) is 6.55. The number of amides is 1. The SMILES string of the molecule is Cc1ccc(OCC(=O)Nc2cc(C(F)(F)F)ccc2N2CCN(C)CC2)c(C)c1. The Balaban J connectivity index is 1.77. The molecule has 1 aliphatic heterocycles. The van der Waals surface area contributed by atoms with Crippen LogP contribution in [0.1, 0.15) is 16.7 Å². The van der Waals surface area contributed by atoms with Crippen molar-refractivity contribution >= 4 is 17.3 Å². The molecule has 1 saturated heterocycles. The summed E-state index contributed by atoms with van der Waals surface area (Å²) in [5.74, 6) is 0.0590. The van der Waals surface area contributed by atoms with Crippen LogP contribution in [0.2, 0.25) is 0 Å². The Labute approximate surface area is 174 Å². The summed E-state index contributed by atoms with van der Waals surface area (Å²) < 4.78 is 45.2. The average molecular weight is 421 g/mol. The second kappa shape index (κ2) is 8.95. The molecule has 162 valence electrons. The smallest absolute Gasteiger partial charge is 0.416 e. The third-order valence-electron chi connectivity index (χ3n) is 5.13. The van der Waals surface area contributed by atoms with Crippen molar-refractivity contribution in [3.8, 4) is 5.75 Å². The van der Waals surface area contributed by atoms with Gasteiger partial charge in [0.2, 0.25) is 0 Å². The van der Waals surface area contributed by atoms with E-state index in [-0.39, 0.29) is 12.3 Å². The minimum absolute atomic E-state index is 0.142. The summed E-state index contributed by atoms with van der Waals surface area (Å²) in [7, 11) is 2.00. The lowest BCUT2D eigenvalue weighted by molar-refractivity contribution is -0.137. The van der Waals surface area contributed by atoms with Crippen molar-refractivity contribution in [1.82, 2.24) is 4.90 Å². The Morgan fingerprint density at radius 3 is 2.40 bits per heavy atom. The number of piperazine rings is 1. The van der Waals surface area contributed by atoms with Gasteiger partial charge >= 0.3 is 6.18 Å². The van der Waals surface area contributed by atoms with Crippen molar-refractivity contribution in [2.45, 2.75) is 20.0 Å². The number of carbonyl (C=O) groups is 1. The number of aryl methyl sites for hydroxylation is 2. The summed E-state index contributed by atoms with van der Waals surface area (Å²) >= 11 is 0. The molecule has 0 aromatic heterocycles. The van der Waals surface area contributed by atoms with E-state index in [4.69, 9.17) is 4.74 Å². The standard InChI is InChI=1S/C22H26F3N3O2/c1-15-4-7-20(16(2)12-15)30-14-21(29)26-18-13-17(22(23,24)25)5-6-19(18)28-10-8-27(3)9-11-28/h4-7,12-13H,8-11,14H2,1-3H3,(H,26,29). The van der Waals surface area contributed by atoms with Crippen LogP contribution in [-0.2, 0) is 11.0 Å². The maximum Gasteiger partial charge on any atom is 0.416 e. The predicted molar refractivity (Wildman–Crippen MR) is 111 cm³/mol. The van der Waals surface area contributed by atoms with Crippen molar-refractivity contribution in [3.63, 3.8) is 0 Å². The van der Waals surface area contributed by atoms with Gasteiger partial charge in [-0.2, -0.15) is 13.2 Å². The highest BCUT2D eigenvalue weighted by atomic mass is 19.4. The van der Waals surface area contributed by atoms with E-state index in [1.807, 2.05) is 37.9 Å². The Morgan fingerprint density at radius 2 is 1.77 bits per heavy atom. The van der Waals surface area contributed by atoms with E-state index >= 15 is 0 Å². The fourth-order valence-electron chi connectivity index (χ4n) is 3.43. The topological polar surface area (TPSA) is 44.8 Å². The molecule has 3 rings (SSSR count). The first-order chi connectivity index (χ1) is 14.1. The monoisotopic (exact) mass is 421 g/mol. The van der Waals surface area contributed by atoms with Crippen molar-refractivity contribution in [1.29, 1.82) is 0 Å². The first kappa shape index (κ1) is 22.0. The van der Waals surface area contributed by atoms with E-state index < -0.39 is 17.6 Å². The number of benzene rings is 2. The number of nitrogens with zero attached hydrogens (tertiary/aromatic N) is 2. The minimum atomic E-state index is -4.49. The Bertz CT molecular complexity index is 907. The maximum absolute atomic E-state index is 13.2. The molecule has 8 heteroatoms. The number of hydrogen-bond donors (Lipinski definition) is 1. The lowest BCUT2D eigenvalue weighted by Crippen LogP contribution is -2.44. The zero-order valence-corrected chi connectivity index (χ0v) is 17.3. The van der Waals surface area contributed by atoms with Crippen LogP contribution in [0.5, 0.6) is 5.75 Å². The fraction of sp³-hybridized carbons (Fsp3) is 0.409. The van der Waals surface area contributed by atoms with Gasteiger partial charge in [0.15, 0.2) is 6.61 Å². The number of ether oxygens (including phenoxy) is 1. The molecule has 0 atom stereocenters. The molecule has 0 radical (unpaired) electrons. The van der Waals surface area contributed by atoms with Crippen LogP contribution in [0, 0.1) is 13.8 Å². The summed E-state index contributed by atoms with van der Waals surface area (Å²) in [5.41, 5.74) is 1.88. The van der Waals surface area contributed by atoms with Gasteiger partial charge < -0.3 is 19.9 Å². The highest BCUT2D eigenvalue weighted by Gasteiger charge is 2.32. The van der Waals surface area contributed by atoms with Crippen molar-refractivity contribution < 1.29 is 22.7 Å². The summed E-state index contributed by atoms with van der Waals surface area (Å²) in [4.78, 5) is 16.6. The molecule has 2 aromatic carbocycles. The second-order valence-corrected chi connectivity index (χ2v) is 7.63. The third kappa shape index (κ3) is 5.44. The molecular formula is C22H26F3N3O2. The molecule has 1 heterocycles. The van der Waals surface area contributed by atoms with Crippen molar-refractivity contribution in [2.24, 2.45) is 0 Å². The minimum Gasteiger partial charge on any atom is -0.483 e. The highest BCUT2D eigenvalue weighted by Crippen LogP contribution is 2.35. The number of nitrogens with one attached hydrogen (secondary N) is 1. The quantitative estimate of drug-likeness (QED) is 0.790. The first-order valence-electron chi connectivity index (χ1n) is 9.78. The fourth-order valence-corrected chi connectivity index (χ4v) is 3.43. The molecule has 0 unspecified atom stereocenters. The van der Waals surface area contributed by atoms with E-state index in [0.717, 1.165) is 36.3 Å². The number of hydrogen-bond acceptors (Lipinski definition) is 4. The van der Waals surface area contributed by atoms with Gasteiger partial charge in [-0.1, -0.05) is 17.7 Å². The van der Waals surface area contributed by atoms with Gasteiger partial charge in [0.1, 0.15) is 5.75 Å². The number of alkyl halides is 3. The summed E-state index contributed by atoms with van der Waals surface area (Å²) in [6, 6.07) is 9.05. The molecule has 1 amide bonds. The number of likely N-dealkylation sites (N-methyl/N-ethyl adjacent to an activating group) is 1. The van der Waals surface area contributed by atoms with Crippen LogP contribution in [-0.4, -0.2) is 50.6 Å². The van der Waals surface area contributed by atoms with Crippen LogP contribution in [0.3, 0.4) is 0 Å². The average Bonchev–Trinajstić information content (AvgIpc) is 2.67. The number of anilines is 2. The molecule has 30 heavy (non-hydrogen) atoms. The van der Waals surface area contributed by atoms with E-state index in [2.05, 4.69) is 10.2 Å². The van der Waals surface area contributed by atoms with Gasteiger partial charge in [-0.3, -0.25) is 4.79 Å². The molecule has 1 N–H and O–H groups in total. The van der Waals surface area contributed by atoms with Crippen LogP contribution < -0.4 is 15.0 Å². The van der Waals surface area contributed by atoms with Crippen LogP contribution in [0.4, 0.5) is 24.5 Å². The molecule has 0 bridgehead atoms. The lowest BCUT2D eigenvalue weighted by Gasteiger charge is -2.35. The highest BCUT2D eigenvalue weighted by molar-refractivity contribution is 5.95. The second-order valence-electron chi connectivity index (χ2n) is 7.63. The van der Waals surface area contributed by atoms with Gasteiger partial charge in [-0.15, -0.1) is 0 Å². The van der Waals surface area contributed by atoms with E-state index in [0.29, 0.717) is 24.5 Å². The van der Waals surface area contributed by atoms with E-state index in [9.17, 15) is 18.0 Å². The molecular weight excluding hydrogens is 395 g/mol. The van der Waals surface area contributed by atoms with E-state index in [1.165, 1.54) is 6.07 Å². The maximum atomic E-state index is 13.2.